The van der Waals surface area contributed by atoms with Gasteiger partial charge in [0.15, 0.2) is 0 Å². The SMILES string of the molecule is O=C(NCc1ccc(N2CCSCC2)cc1)NC[C@H]1COCCO1. The van der Waals surface area contributed by atoms with Gasteiger partial charge in [-0.15, -0.1) is 0 Å². The lowest BCUT2D eigenvalue weighted by Gasteiger charge is -2.28. The summed E-state index contributed by atoms with van der Waals surface area (Å²) in [5.74, 6) is 2.39. The molecule has 24 heavy (non-hydrogen) atoms. The van der Waals surface area contributed by atoms with Crippen molar-refractivity contribution in [3.63, 3.8) is 0 Å². The van der Waals surface area contributed by atoms with Crippen LogP contribution < -0.4 is 15.5 Å². The molecule has 2 amide bonds. The van der Waals surface area contributed by atoms with Gasteiger partial charge in [0.05, 0.1) is 25.9 Å². The summed E-state index contributed by atoms with van der Waals surface area (Å²) in [6.07, 6.45) is -0.0495. The van der Waals surface area contributed by atoms with Gasteiger partial charge in [-0.05, 0) is 17.7 Å². The largest absolute Gasteiger partial charge is 0.376 e. The molecule has 6 nitrogen and oxygen atoms in total. The molecule has 0 aromatic heterocycles. The number of hydrogen-bond donors (Lipinski definition) is 2. The van der Waals surface area contributed by atoms with Gasteiger partial charge >= 0.3 is 6.03 Å². The lowest BCUT2D eigenvalue weighted by Crippen LogP contribution is -2.43. The Morgan fingerprint density at radius 3 is 2.67 bits per heavy atom. The third-order valence-electron chi connectivity index (χ3n) is 4.14. The zero-order chi connectivity index (χ0) is 16.6. The summed E-state index contributed by atoms with van der Waals surface area (Å²) in [5, 5.41) is 5.69. The van der Waals surface area contributed by atoms with Gasteiger partial charge in [-0.3, -0.25) is 0 Å². The Hall–Kier alpha value is -1.44. The number of benzene rings is 1. The fourth-order valence-electron chi connectivity index (χ4n) is 2.75. The minimum atomic E-state index is -0.179. The van der Waals surface area contributed by atoms with Crippen molar-refractivity contribution in [1.82, 2.24) is 10.6 Å². The molecule has 2 saturated heterocycles. The summed E-state index contributed by atoms with van der Waals surface area (Å²) in [6, 6.07) is 8.25. The molecule has 2 fully saturated rings. The number of nitrogens with zero attached hydrogens (tertiary/aromatic N) is 1. The summed E-state index contributed by atoms with van der Waals surface area (Å²) < 4.78 is 10.8. The lowest BCUT2D eigenvalue weighted by molar-refractivity contribution is -0.0853. The van der Waals surface area contributed by atoms with Gasteiger partial charge in [0.25, 0.3) is 0 Å². The van der Waals surface area contributed by atoms with Gasteiger partial charge in [-0.25, -0.2) is 4.79 Å². The summed E-state index contributed by atoms with van der Waals surface area (Å²) in [4.78, 5) is 14.3. The molecule has 2 aliphatic heterocycles. The minimum Gasteiger partial charge on any atom is -0.376 e. The first-order valence-corrected chi connectivity index (χ1v) is 9.59. The molecule has 0 saturated carbocycles. The van der Waals surface area contributed by atoms with E-state index >= 15 is 0 Å². The summed E-state index contributed by atoms with van der Waals surface area (Å²) in [7, 11) is 0. The van der Waals surface area contributed by atoms with Crippen LogP contribution in [0.2, 0.25) is 0 Å². The van der Waals surface area contributed by atoms with Crippen molar-refractivity contribution in [1.29, 1.82) is 0 Å². The first-order valence-electron chi connectivity index (χ1n) is 8.44. The number of amides is 2. The van der Waals surface area contributed by atoms with Crippen molar-refractivity contribution in [2.75, 3.05) is 55.9 Å². The normalized spacial score (nSPS) is 21.3. The van der Waals surface area contributed by atoms with Gasteiger partial charge in [-0.1, -0.05) is 12.1 Å². The van der Waals surface area contributed by atoms with Crippen molar-refractivity contribution in [3.05, 3.63) is 29.8 Å². The number of thioether (sulfide) groups is 1. The van der Waals surface area contributed by atoms with Gasteiger partial charge in [0.1, 0.15) is 0 Å². The second-order valence-corrected chi connectivity index (χ2v) is 7.12. The molecule has 1 aromatic rings. The second-order valence-electron chi connectivity index (χ2n) is 5.90. The van der Waals surface area contributed by atoms with Crippen LogP contribution in [0.5, 0.6) is 0 Å². The number of carbonyl (C=O) groups excluding carboxylic acids is 1. The highest BCUT2D eigenvalue weighted by atomic mass is 32.2. The molecular weight excluding hydrogens is 326 g/mol. The number of anilines is 1. The number of rotatable bonds is 5. The van der Waals surface area contributed by atoms with Crippen LogP contribution >= 0.6 is 11.8 Å². The summed E-state index contributed by atoms with van der Waals surface area (Å²) in [6.45, 7) is 4.97. The maximum atomic E-state index is 11.8. The van der Waals surface area contributed by atoms with Gasteiger partial charge in [0, 0.05) is 43.4 Å². The molecule has 1 atom stereocenters. The predicted octanol–water partition coefficient (Wildman–Crippen LogP) is 1.45. The molecule has 0 spiro atoms. The molecule has 7 heteroatoms. The van der Waals surface area contributed by atoms with E-state index in [1.165, 1.54) is 17.2 Å². The quantitative estimate of drug-likeness (QED) is 0.841. The van der Waals surface area contributed by atoms with Crippen LogP contribution in [0.15, 0.2) is 24.3 Å². The average molecular weight is 351 g/mol. The lowest BCUT2D eigenvalue weighted by atomic mass is 10.2. The Balaban J connectivity index is 1.38. The maximum absolute atomic E-state index is 11.8. The third kappa shape index (κ3) is 5.29. The maximum Gasteiger partial charge on any atom is 0.315 e. The molecule has 0 unspecified atom stereocenters. The predicted molar refractivity (Wildman–Crippen MR) is 96.8 cm³/mol. The van der Waals surface area contributed by atoms with Gasteiger partial charge in [-0.2, -0.15) is 11.8 Å². The fraction of sp³-hybridized carbons (Fsp3) is 0.588. The Morgan fingerprint density at radius 1 is 1.17 bits per heavy atom. The number of nitrogens with one attached hydrogen (secondary N) is 2. The highest BCUT2D eigenvalue weighted by Gasteiger charge is 2.15. The molecule has 0 bridgehead atoms. The van der Waals surface area contributed by atoms with Crippen LogP contribution in [0, 0.1) is 0 Å². The van der Waals surface area contributed by atoms with Crippen molar-refractivity contribution < 1.29 is 14.3 Å². The molecule has 0 radical (unpaired) electrons. The van der Waals surface area contributed by atoms with E-state index in [2.05, 4.69) is 39.8 Å². The van der Waals surface area contributed by atoms with Crippen molar-refractivity contribution >= 4 is 23.5 Å². The first kappa shape index (κ1) is 17.4. The molecule has 0 aliphatic carbocycles. The third-order valence-corrected chi connectivity index (χ3v) is 5.08. The van der Waals surface area contributed by atoms with Crippen LogP contribution in [-0.4, -0.2) is 63.1 Å². The first-order chi connectivity index (χ1) is 11.8. The summed E-state index contributed by atoms with van der Waals surface area (Å²) >= 11 is 2.01. The van der Waals surface area contributed by atoms with E-state index in [4.69, 9.17) is 9.47 Å². The van der Waals surface area contributed by atoms with Crippen molar-refractivity contribution in [2.45, 2.75) is 12.6 Å². The van der Waals surface area contributed by atoms with E-state index in [1.807, 2.05) is 11.8 Å². The smallest absolute Gasteiger partial charge is 0.315 e. The zero-order valence-corrected chi connectivity index (χ0v) is 14.6. The van der Waals surface area contributed by atoms with E-state index in [0.29, 0.717) is 32.9 Å². The topological polar surface area (TPSA) is 62.8 Å². The average Bonchev–Trinajstić information content (AvgIpc) is 2.67. The molecule has 132 valence electrons. The van der Waals surface area contributed by atoms with Crippen LogP contribution in [0.1, 0.15) is 5.56 Å². The number of hydrogen-bond acceptors (Lipinski definition) is 5. The molecule has 2 N–H and O–H groups in total. The van der Waals surface area contributed by atoms with E-state index in [-0.39, 0.29) is 12.1 Å². The van der Waals surface area contributed by atoms with Gasteiger partial charge in [0.2, 0.25) is 0 Å². The second kappa shape index (κ2) is 9.15. The van der Waals surface area contributed by atoms with Crippen LogP contribution in [0.25, 0.3) is 0 Å². The monoisotopic (exact) mass is 351 g/mol. The fourth-order valence-corrected chi connectivity index (χ4v) is 3.66. The highest BCUT2D eigenvalue weighted by molar-refractivity contribution is 7.99. The van der Waals surface area contributed by atoms with E-state index < -0.39 is 0 Å². The van der Waals surface area contributed by atoms with Gasteiger partial charge < -0.3 is 25.0 Å². The molecule has 2 heterocycles. The Kier molecular flexibility index (Phi) is 6.63. The number of carbonyl (C=O) groups is 1. The standard InChI is InChI=1S/C17H25N3O3S/c21-17(19-12-16-13-22-7-8-23-16)18-11-14-1-3-15(4-2-14)20-5-9-24-10-6-20/h1-4,16H,5-13H2,(H2,18,19,21)/t16-/m0/s1. The number of ether oxygens (including phenoxy) is 2. The highest BCUT2D eigenvalue weighted by Crippen LogP contribution is 2.19. The molecule has 1 aromatic carbocycles. The van der Waals surface area contributed by atoms with E-state index in [0.717, 1.165) is 18.7 Å². The Bertz CT molecular complexity index is 514. The Morgan fingerprint density at radius 2 is 1.96 bits per heavy atom. The van der Waals surface area contributed by atoms with E-state index in [9.17, 15) is 4.79 Å². The molecular formula is C17H25N3O3S. The Labute approximate surface area is 147 Å². The molecule has 3 rings (SSSR count). The van der Waals surface area contributed by atoms with Crippen molar-refractivity contribution in [3.8, 4) is 0 Å². The van der Waals surface area contributed by atoms with Crippen molar-refractivity contribution in [2.24, 2.45) is 0 Å². The zero-order valence-electron chi connectivity index (χ0n) is 13.8. The van der Waals surface area contributed by atoms with E-state index in [1.54, 1.807) is 0 Å². The van der Waals surface area contributed by atoms with Crippen LogP contribution in [0.3, 0.4) is 0 Å². The van der Waals surface area contributed by atoms with Crippen LogP contribution in [0.4, 0.5) is 10.5 Å². The molecule has 2 aliphatic rings. The van der Waals surface area contributed by atoms with Crippen LogP contribution in [-0.2, 0) is 16.0 Å². The minimum absolute atomic E-state index is 0.0495. The number of urea groups is 1. The summed E-state index contributed by atoms with van der Waals surface area (Å²) in [5.41, 5.74) is 2.36.